The van der Waals surface area contributed by atoms with E-state index < -0.39 is 0 Å². The van der Waals surface area contributed by atoms with Crippen molar-refractivity contribution < 1.29 is 9.47 Å². The number of hydrogen-bond donors (Lipinski definition) is 0. The summed E-state index contributed by atoms with van der Waals surface area (Å²) in [5.41, 5.74) is 4.91. The van der Waals surface area contributed by atoms with Gasteiger partial charge in [0, 0.05) is 30.2 Å². The number of aryl methyl sites for hydroxylation is 1. The molecule has 0 saturated heterocycles. The van der Waals surface area contributed by atoms with Crippen LogP contribution in [-0.4, -0.2) is 35.0 Å². The molecule has 1 aliphatic rings. The average molecular weight is 448 g/mol. The molecule has 164 valence electrons. The maximum absolute atomic E-state index is 12.7. The summed E-state index contributed by atoms with van der Waals surface area (Å²) in [4.78, 5) is 21.2. The third-order valence-electron chi connectivity index (χ3n) is 6.01. The molecular weight excluding hydrogens is 422 g/mol. The van der Waals surface area contributed by atoms with Gasteiger partial charge in [0.1, 0.15) is 5.65 Å². The molecule has 3 aromatic heterocycles. The minimum Gasteiger partial charge on any atom is -0.493 e. The highest BCUT2D eigenvalue weighted by Crippen LogP contribution is 2.42. The molecule has 0 fully saturated rings. The summed E-state index contributed by atoms with van der Waals surface area (Å²) >= 11 is 1.74. The lowest BCUT2D eigenvalue weighted by atomic mass is 9.90. The van der Waals surface area contributed by atoms with E-state index in [4.69, 9.17) is 14.5 Å². The normalized spacial score (nSPS) is 16.2. The Morgan fingerprint density at radius 3 is 2.69 bits per heavy atom. The molecule has 0 saturated carbocycles. The van der Waals surface area contributed by atoms with Crippen LogP contribution in [0.2, 0.25) is 0 Å². The Morgan fingerprint density at radius 1 is 1.12 bits per heavy atom. The summed E-state index contributed by atoms with van der Waals surface area (Å²) in [6, 6.07) is 14.0. The zero-order valence-electron chi connectivity index (χ0n) is 18.4. The Morgan fingerprint density at radius 2 is 1.94 bits per heavy atom. The van der Waals surface area contributed by atoms with Crippen LogP contribution in [0.4, 0.5) is 0 Å². The van der Waals surface area contributed by atoms with Gasteiger partial charge in [-0.15, -0.1) is 11.3 Å². The van der Waals surface area contributed by atoms with Crippen molar-refractivity contribution in [3.05, 3.63) is 91.7 Å². The highest BCUT2D eigenvalue weighted by molar-refractivity contribution is 7.10. The van der Waals surface area contributed by atoms with Crippen LogP contribution in [0.15, 0.2) is 58.8 Å². The second-order valence-corrected chi connectivity index (χ2v) is 9.04. The number of nitrogens with zero attached hydrogens (tertiary/aromatic N) is 3. The van der Waals surface area contributed by atoms with Crippen molar-refractivity contribution in [2.24, 2.45) is 0 Å². The Hall–Kier alpha value is -3.16. The van der Waals surface area contributed by atoms with Crippen molar-refractivity contribution in [1.29, 1.82) is 0 Å². The molecule has 0 amide bonds. The third-order valence-corrected chi connectivity index (χ3v) is 6.94. The Labute approximate surface area is 190 Å². The molecule has 1 aliphatic heterocycles. The molecule has 0 bridgehead atoms. The summed E-state index contributed by atoms with van der Waals surface area (Å²) < 4.78 is 12.7. The first-order valence-corrected chi connectivity index (χ1v) is 11.5. The molecule has 6 nitrogen and oxygen atoms in total. The molecule has 0 unspecified atom stereocenters. The topological polar surface area (TPSA) is 56.1 Å². The number of aromatic nitrogens is 2. The highest BCUT2D eigenvalue weighted by Gasteiger charge is 2.31. The summed E-state index contributed by atoms with van der Waals surface area (Å²) in [5, 5.41) is 2.10. The summed E-state index contributed by atoms with van der Waals surface area (Å²) in [6.45, 7) is 3.43. The molecule has 0 aliphatic carbocycles. The largest absolute Gasteiger partial charge is 0.493 e. The zero-order chi connectivity index (χ0) is 22.2. The van der Waals surface area contributed by atoms with Crippen molar-refractivity contribution in [3.63, 3.8) is 0 Å². The standard InChI is InChI=1S/C25H25N3O3S/c1-16-6-7-23-26-18(12-24(29)28(23)14-16)15-27-9-8-17-11-20(30-2)21(31-3)13-19(17)25(27)22-5-4-10-32-22/h4-7,10-14,25H,8-9,15H2,1-3H3/t25-/m0/s1. The van der Waals surface area contributed by atoms with Crippen molar-refractivity contribution in [1.82, 2.24) is 14.3 Å². The van der Waals surface area contributed by atoms with Gasteiger partial charge in [0.15, 0.2) is 11.5 Å². The van der Waals surface area contributed by atoms with Crippen LogP contribution < -0.4 is 15.0 Å². The van der Waals surface area contributed by atoms with Crippen LogP contribution in [0.1, 0.15) is 33.3 Å². The quantitative estimate of drug-likeness (QED) is 0.458. The molecule has 7 heteroatoms. The van der Waals surface area contributed by atoms with E-state index in [1.54, 1.807) is 36.0 Å². The number of benzene rings is 1. The molecule has 4 aromatic rings. The minimum atomic E-state index is -0.0508. The summed E-state index contributed by atoms with van der Waals surface area (Å²) in [6.07, 6.45) is 2.73. The molecule has 5 rings (SSSR count). The predicted octanol–water partition coefficient (Wildman–Crippen LogP) is 4.23. The van der Waals surface area contributed by atoms with Crippen LogP contribution >= 0.6 is 11.3 Å². The monoisotopic (exact) mass is 447 g/mol. The van der Waals surface area contributed by atoms with E-state index in [2.05, 4.69) is 34.5 Å². The number of ether oxygens (including phenoxy) is 2. The predicted molar refractivity (Wildman–Crippen MR) is 126 cm³/mol. The third kappa shape index (κ3) is 3.67. The van der Waals surface area contributed by atoms with Crippen molar-refractivity contribution in [2.45, 2.75) is 25.9 Å². The lowest BCUT2D eigenvalue weighted by Gasteiger charge is -2.37. The van der Waals surface area contributed by atoms with Crippen molar-refractivity contribution >= 4 is 17.0 Å². The SMILES string of the molecule is COc1cc2c(cc1OC)[C@@H](c1cccs1)N(Cc1cc(=O)n3cc(C)ccc3n1)CC2. The number of pyridine rings is 1. The van der Waals surface area contributed by atoms with Crippen molar-refractivity contribution in [3.8, 4) is 11.5 Å². The fourth-order valence-electron chi connectivity index (χ4n) is 4.50. The smallest absolute Gasteiger partial charge is 0.258 e. The van der Waals surface area contributed by atoms with Gasteiger partial charge < -0.3 is 9.47 Å². The molecule has 32 heavy (non-hydrogen) atoms. The first-order chi connectivity index (χ1) is 15.6. The van der Waals surface area contributed by atoms with Gasteiger partial charge in [-0.1, -0.05) is 12.1 Å². The molecule has 1 atom stereocenters. The maximum atomic E-state index is 12.7. The number of rotatable bonds is 5. The lowest BCUT2D eigenvalue weighted by Crippen LogP contribution is -2.36. The molecule has 0 radical (unpaired) electrons. The van der Waals surface area contributed by atoms with Crippen LogP contribution in [0.3, 0.4) is 0 Å². The fourth-order valence-corrected chi connectivity index (χ4v) is 5.37. The first kappa shape index (κ1) is 20.7. The fraction of sp³-hybridized carbons (Fsp3) is 0.280. The lowest BCUT2D eigenvalue weighted by molar-refractivity contribution is 0.203. The Bertz CT molecular complexity index is 1330. The summed E-state index contributed by atoms with van der Waals surface area (Å²) in [5.74, 6) is 1.48. The van der Waals surface area contributed by atoms with Gasteiger partial charge in [0.2, 0.25) is 0 Å². The van der Waals surface area contributed by atoms with E-state index in [1.165, 1.54) is 16.0 Å². The van der Waals surface area contributed by atoms with Gasteiger partial charge in [-0.25, -0.2) is 4.98 Å². The van der Waals surface area contributed by atoms with Crippen molar-refractivity contribution in [2.75, 3.05) is 20.8 Å². The highest BCUT2D eigenvalue weighted by atomic mass is 32.1. The summed E-state index contributed by atoms with van der Waals surface area (Å²) in [7, 11) is 3.33. The second kappa shape index (κ2) is 8.41. The second-order valence-electron chi connectivity index (χ2n) is 8.06. The van der Waals surface area contributed by atoms with E-state index in [-0.39, 0.29) is 11.6 Å². The van der Waals surface area contributed by atoms with E-state index in [0.29, 0.717) is 12.2 Å². The van der Waals surface area contributed by atoms with E-state index in [1.807, 2.05) is 25.3 Å². The molecular formula is C25H25N3O3S. The van der Waals surface area contributed by atoms with E-state index in [9.17, 15) is 4.79 Å². The van der Waals surface area contributed by atoms with Gasteiger partial charge in [0.05, 0.1) is 26.0 Å². The van der Waals surface area contributed by atoms with E-state index in [0.717, 1.165) is 35.7 Å². The first-order valence-electron chi connectivity index (χ1n) is 10.6. The van der Waals surface area contributed by atoms with Crippen LogP contribution in [0.25, 0.3) is 5.65 Å². The molecule has 0 spiro atoms. The molecule has 0 N–H and O–H groups in total. The van der Waals surface area contributed by atoms with Crippen LogP contribution in [0, 0.1) is 6.92 Å². The van der Waals surface area contributed by atoms with Gasteiger partial charge >= 0.3 is 0 Å². The zero-order valence-corrected chi connectivity index (χ0v) is 19.2. The molecule has 1 aromatic carbocycles. The maximum Gasteiger partial charge on any atom is 0.258 e. The van der Waals surface area contributed by atoms with E-state index >= 15 is 0 Å². The van der Waals surface area contributed by atoms with Crippen LogP contribution in [0.5, 0.6) is 11.5 Å². The van der Waals surface area contributed by atoms with Gasteiger partial charge in [-0.2, -0.15) is 0 Å². The average Bonchev–Trinajstić information content (AvgIpc) is 3.33. The minimum absolute atomic E-state index is 0.0508. The number of hydrogen-bond acceptors (Lipinski definition) is 6. The molecule has 4 heterocycles. The Kier molecular flexibility index (Phi) is 5.45. The van der Waals surface area contributed by atoms with Gasteiger partial charge in [-0.3, -0.25) is 14.1 Å². The number of methoxy groups -OCH3 is 2. The van der Waals surface area contributed by atoms with Gasteiger partial charge in [-0.05, 0) is 59.7 Å². The number of thiophene rings is 1. The van der Waals surface area contributed by atoms with Gasteiger partial charge in [0.25, 0.3) is 5.56 Å². The Balaban J connectivity index is 1.57. The number of fused-ring (bicyclic) bond motifs is 2. The van der Waals surface area contributed by atoms with Crippen LogP contribution in [-0.2, 0) is 13.0 Å².